The van der Waals surface area contributed by atoms with Gasteiger partial charge in [0.05, 0.1) is 32.7 Å². The van der Waals surface area contributed by atoms with E-state index < -0.39 is 18.2 Å². The summed E-state index contributed by atoms with van der Waals surface area (Å²) in [5.74, 6) is 0.813. The maximum atomic E-state index is 13.5. The number of hydrogen-bond acceptors (Lipinski definition) is 6. The number of rotatable bonds is 8. The maximum absolute atomic E-state index is 13.5. The molecule has 4 rings (SSSR count). The van der Waals surface area contributed by atoms with Gasteiger partial charge in [0.15, 0.2) is 0 Å². The summed E-state index contributed by atoms with van der Waals surface area (Å²) < 4.78 is 11.6. The second kappa shape index (κ2) is 14.4. The molecule has 43 heavy (non-hydrogen) atoms. The molecule has 1 aliphatic heterocycles. The minimum absolute atomic E-state index is 0.0130. The highest BCUT2D eigenvalue weighted by atomic mass is 16.5. The number of fused-ring (bicyclic) bond motifs is 1. The molecule has 0 radical (unpaired) electrons. The fourth-order valence-corrected chi connectivity index (χ4v) is 4.79. The first-order chi connectivity index (χ1) is 20.7. The first kappa shape index (κ1) is 31.2. The van der Waals surface area contributed by atoms with Gasteiger partial charge in [-0.25, -0.2) is 9.59 Å². The van der Waals surface area contributed by atoms with Gasteiger partial charge in [-0.3, -0.25) is 4.79 Å². The van der Waals surface area contributed by atoms with Crippen LogP contribution in [0.15, 0.2) is 72.8 Å². The van der Waals surface area contributed by atoms with E-state index in [2.05, 4.69) is 16.0 Å². The van der Waals surface area contributed by atoms with E-state index in [1.807, 2.05) is 37.3 Å². The van der Waals surface area contributed by atoms with E-state index >= 15 is 0 Å². The Morgan fingerprint density at radius 2 is 1.67 bits per heavy atom. The molecule has 3 atom stereocenters. The van der Waals surface area contributed by atoms with E-state index in [1.54, 1.807) is 73.3 Å². The predicted molar refractivity (Wildman–Crippen MR) is 166 cm³/mol. The summed E-state index contributed by atoms with van der Waals surface area (Å²) in [7, 11) is 3.26. The summed E-state index contributed by atoms with van der Waals surface area (Å²) in [5, 5.41) is 18.3. The van der Waals surface area contributed by atoms with Crippen molar-refractivity contribution in [1.82, 2.24) is 9.80 Å². The van der Waals surface area contributed by atoms with Crippen molar-refractivity contribution in [3.05, 3.63) is 78.4 Å². The molecule has 0 saturated heterocycles. The summed E-state index contributed by atoms with van der Waals surface area (Å²) in [6.07, 6.45) is -0.458. The van der Waals surface area contributed by atoms with Crippen LogP contribution in [0.3, 0.4) is 0 Å². The third kappa shape index (κ3) is 8.39. The van der Waals surface area contributed by atoms with Crippen LogP contribution in [-0.4, -0.2) is 78.9 Å². The zero-order valence-corrected chi connectivity index (χ0v) is 24.9. The number of carbonyl (C=O) groups excluding carboxylic acids is 3. The quantitative estimate of drug-likeness (QED) is 0.302. The first-order valence-electron chi connectivity index (χ1n) is 14.2. The number of amides is 5. The topological polar surface area (TPSA) is 132 Å². The van der Waals surface area contributed by atoms with Crippen molar-refractivity contribution in [3.63, 3.8) is 0 Å². The molecule has 3 aromatic rings. The van der Waals surface area contributed by atoms with Crippen LogP contribution in [0.1, 0.15) is 19.4 Å². The van der Waals surface area contributed by atoms with Crippen LogP contribution >= 0.6 is 0 Å². The number of aliphatic hydroxyl groups is 1. The lowest BCUT2D eigenvalue weighted by Crippen LogP contribution is -2.48. The molecule has 1 aliphatic rings. The average molecular weight is 590 g/mol. The molecule has 5 amide bonds. The molecule has 1 heterocycles. The molecule has 11 nitrogen and oxygen atoms in total. The highest BCUT2D eigenvalue weighted by Gasteiger charge is 2.32. The van der Waals surface area contributed by atoms with E-state index in [1.165, 1.54) is 0 Å². The molecule has 4 N–H and O–H groups in total. The van der Waals surface area contributed by atoms with Crippen LogP contribution in [-0.2, 0) is 11.2 Å². The standard InChI is InChI=1S/C32H39N5O6/c1-21-18-37(22(2)20-38)30(39)17-23-16-26(34-31(40)33-25-10-13-27(42-4)14-11-25)12-15-28(23)43-29(21)19-36(3)32(41)35-24-8-6-5-7-9-24/h5-16,21-22,29,38H,17-20H2,1-4H3,(H,35,41)(H2,33,34,40)/t21-,22+,29-/m0/s1. The Hall–Kier alpha value is -4.77. The van der Waals surface area contributed by atoms with Crippen LogP contribution < -0.4 is 25.4 Å². The molecular formula is C32H39N5O6. The number of carbonyl (C=O) groups is 3. The van der Waals surface area contributed by atoms with E-state index in [9.17, 15) is 19.5 Å². The monoisotopic (exact) mass is 589 g/mol. The number of ether oxygens (including phenoxy) is 2. The maximum Gasteiger partial charge on any atom is 0.323 e. The number of urea groups is 2. The Bertz CT molecular complexity index is 1400. The van der Waals surface area contributed by atoms with Gasteiger partial charge in [-0.1, -0.05) is 25.1 Å². The Labute approximate surface area is 251 Å². The molecule has 11 heteroatoms. The van der Waals surface area contributed by atoms with Gasteiger partial charge >= 0.3 is 12.1 Å². The fourth-order valence-electron chi connectivity index (χ4n) is 4.79. The van der Waals surface area contributed by atoms with Crippen LogP contribution in [0.5, 0.6) is 11.5 Å². The average Bonchev–Trinajstić information content (AvgIpc) is 3.04. The van der Waals surface area contributed by atoms with Gasteiger partial charge in [-0.05, 0) is 61.5 Å². The minimum Gasteiger partial charge on any atom is -0.497 e. The number of para-hydroxylation sites is 1. The van der Waals surface area contributed by atoms with Crippen molar-refractivity contribution < 1.29 is 29.0 Å². The molecule has 0 spiro atoms. The van der Waals surface area contributed by atoms with Gasteiger partial charge in [-0.2, -0.15) is 0 Å². The van der Waals surface area contributed by atoms with Crippen molar-refractivity contribution in [2.24, 2.45) is 5.92 Å². The Kier molecular flexibility index (Phi) is 10.4. The van der Waals surface area contributed by atoms with Crippen molar-refractivity contribution >= 4 is 35.0 Å². The van der Waals surface area contributed by atoms with Gasteiger partial charge in [0, 0.05) is 42.1 Å². The highest BCUT2D eigenvalue weighted by Crippen LogP contribution is 2.29. The van der Waals surface area contributed by atoms with E-state index in [0.717, 1.165) is 0 Å². The third-order valence-electron chi connectivity index (χ3n) is 7.35. The smallest absolute Gasteiger partial charge is 0.323 e. The largest absolute Gasteiger partial charge is 0.497 e. The number of hydrogen-bond donors (Lipinski definition) is 4. The summed E-state index contributed by atoms with van der Waals surface area (Å²) in [5.41, 5.74) is 2.33. The lowest BCUT2D eigenvalue weighted by molar-refractivity contribution is -0.134. The second-order valence-electron chi connectivity index (χ2n) is 10.7. The highest BCUT2D eigenvalue weighted by molar-refractivity contribution is 6.00. The van der Waals surface area contributed by atoms with Gasteiger partial charge in [0.1, 0.15) is 17.6 Å². The number of nitrogens with zero attached hydrogens (tertiary/aromatic N) is 2. The third-order valence-corrected chi connectivity index (χ3v) is 7.35. The van der Waals surface area contributed by atoms with Crippen molar-refractivity contribution in [2.75, 3.05) is 49.8 Å². The Balaban J connectivity index is 1.54. The molecule has 0 bridgehead atoms. The van der Waals surface area contributed by atoms with Crippen LogP contribution in [0, 0.1) is 5.92 Å². The van der Waals surface area contributed by atoms with Crippen LogP contribution in [0.4, 0.5) is 26.7 Å². The number of nitrogens with one attached hydrogen (secondary N) is 3. The first-order valence-corrected chi connectivity index (χ1v) is 14.2. The number of aliphatic hydroxyl groups excluding tert-OH is 1. The van der Waals surface area contributed by atoms with Gasteiger partial charge in [0.25, 0.3) is 0 Å². The fraction of sp³-hybridized carbons (Fsp3) is 0.344. The molecule has 0 aromatic heterocycles. The van der Waals surface area contributed by atoms with Gasteiger partial charge < -0.3 is 40.3 Å². The van der Waals surface area contributed by atoms with E-state index in [4.69, 9.17) is 9.47 Å². The lowest BCUT2D eigenvalue weighted by Gasteiger charge is -2.34. The summed E-state index contributed by atoms with van der Waals surface area (Å²) in [6.45, 7) is 4.15. The van der Waals surface area contributed by atoms with Gasteiger partial charge in [-0.15, -0.1) is 0 Å². The summed E-state index contributed by atoms with van der Waals surface area (Å²) in [6, 6.07) is 20.1. The van der Waals surface area contributed by atoms with Crippen LogP contribution in [0.2, 0.25) is 0 Å². The normalized spacial score (nSPS) is 17.2. The summed E-state index contributed by atoms with van der Waals surface area (Å²) >= 11 is 0. The van der Waals surface area contributed by atoms with Crippen molar-refractivity contribution in [1.29, 1.82) is 0 Å². The SMILES string of the molecule is COc1ccc(NC(=O)Nc2ccc3c(c2)CC(=O)N([C@H](C)CO)C[C@H](C)[C@H](CN(C)C(=O)Nc2ccccc2)O3)cc1. The Morgan fingerprint density at radius 1 is 1.02 bits per heavy atom. The van der Waals surface area contributed by atoms with Gasteiger partial charge in [0.2, 0.25) is 5.91 Å². The predicted octanol–water partition coefficient (Wildman–Crippen LogP) is 4.65. The minimum atomic E-state index is -0.471. The number of methoxy groups -OCH3 is 1. The van der Waals surface area contributed by atoms with Crippen molar-refractivity contribution in [2.45, 2.75) is 32.4 Å². The number of anilines is 3. The number of benzene rings is 3. The van der Waals surface area contributed by atoms with Crippen molar-refractivity contribution in [3.8, 4) is 11.5 Å². The molecule has 0 aliphatic carbocycles. The molecule has 3 aromatic carbocycles. The molecule has 0 fully saturated rings. The van der Waals surface area contributed by atoms with Crippen LogP contribution in [0.25, 0.3) is 0 Å². The summed E-state index contributed by atoms with van der Waals surface area (Å²) in [4.78, 5) is 42.3. The van der Waals surface area contributed by atoms with E-state index in [-0.39, 0.29) is 37.4 Å². The molecule has 0 saturated carbocycles. The lowest BCUT2D eigenvalue weighted by atomic mass is 10.0. The zero-order valence-electron chi connectivity index (χ0n) is 24.9. The molecule has 0 unspecified atom stereocenters. The zero-order chi connectivity index (χ0) is 30.9. The molecular weight excluding hydrogens is 550 g/mol. The van der Waals surface area contributed by atoms with E-state index in [0.29, 0.717) is 40.7 Å². The Morgan fingerprint density at radius 3 is 2.35 bits per heavy atom. The number of likely N-dealkylation sites (N-methyl/N-ethyl adjacent to an activating group) is 1. The molecule has 228 valence electrons. The second-order valence-corrected chi connectivity index (χ2v) is 10.7.